The predicted octanol–water partition coefficient (Wildman–Crippen LogP) is 6.73. The van der Waals surface area contributed by atoms with E-state index in [9.17, 15) is 14.4 Å². The van der Waals surface area contributed by atoms with Gasteiger partial charge in [-0.15, -0.1) is 11.8 Å². The van der Waals surface area contributed by atoms with Crippen LogP contribution in [0.5, 0.6) is 0 Å². The molecule has 0 saturated carbocycles. The Morgan fingerprint density at radius 1 is 0.780 bits per heavy atom. The Kier molecular flexibility index (Phi) is 10.1. The molecule has 41 heavy (non-hydrogen) atoms. The highest BCUT2D eigenvalue weighted by atomic mass is 32.2. The number of benzene rings is 3. The molecule has 3 aromatic carbocycles. The summed E-state index contributed by atoms with van der Waals surface area (Å²) in [6.45, 7) is 6.05. The topological polar surface area (TPSA) is 100 Å². The van der Waals surface area contributed by atoms with Crippen LogP contribution in [0.15, 0.2) is 114 Å². The van der Waals surface area contributed by atoms with E-state index >= 15 is 0 Å². The molecule has 1 heterocycles. The molecule has 7 nitrogen and oxygen atoms in total. The first-order chi connectivity index (χ1) is 19.8. The largest absolute Gasteiger partial charge is 0.321 e. The molecular weight excluding hydrogens is 532 g/mol. The third-order valence-electron chi connectivity index (χ3n) is 6.15. The van der Waals surface area contributed by atoms with Gasteiger partial charge in [0.15, 0.2) is 0 Å². The van der Waals surface area contributed by atoms with Gasteiger partial charge in [-0.1, -0.05) is 62.4 Å². The summed E-state index contributed by atoms with van der Waals surface area (Å²) in [5.74, 6) is -0.104. The molecule has 1 atom stereocenters. The molecule has 0 aliphatic heterocycles. The first-order valence-electron chi connectivity index (χ1n) is 13.3. The molecule has 0 spiro atoms. The summed E-state index contributed by atoms with van der Waals surface area (Å²) >= 11 is 1.39. The molecule has 208 valence electrons. The van der Waals surface area contributed by atoms with Gasteiger partial charge in [0.1, 0.15) is 11.5 Å². The van der Waals surface area contributed by atoms with Gasteiger partial charge in [0.25, 0.3) is 11.8 Å². The Morgan fingerprint density at radius 3 is 2.10 bits per heavy atom. The highest BCUT2D eigenvalue weighted by Crippen LogP contribution is 2.26. The fourth-order valence-electron chi connectivity index (χ4n) is 3.82. The van der Waals surface area contributed by atoms with E-state index < -0.39 is 5.91 Å². The normalized spacial score (nSPS) is 12.0. The average Bonchev–Trinajstić information content (AvgIpc) is 2.99. The van der Waals surface area contributed by atoms with E-state index in [0.29, 0.717) is 23.0 Å². The lowest BCUT2D eigenvalue weighted by atomic mass is 10.0. The van der Waals surface area contributed by atoms with Crippen LogP contribution in [0.4, 0.5) is 11.5 Å². The van der Waals surface area contributed by atoms with Crippen LogP contribution in [-0.2, 0) is 9.59 Å². The number of amides is 3. The lowest BCUT2D eigenvalue weighted by molar-refractivity contribution is -0.115. The van der Waals surface area contributed by atoms with Crippen molar-refractivity contribution in [2.75, 3.05) is 10.6 Å². The summed E-state index contributed by atoms with van der Waals surface area (Å²) in [5, 5.41) is 8.07. The quantitative estimate of drug-likeness (QED) is 0.146. The molecule has 3 amide bonds. The Hall–Kier alpha value is -4.69. The fraction of sp³-hybridized carbons (Fsp3) is 0.152. The first kappa shape index (κ1) is 29.3. The van der Waals surface area contributed by atoms with Crippen molar-refractivity contribution in [1.82, 2.24) is 10.3 Å². The van der Waals surface area contributed by atoms with E-state index in [2.05, 4.69) is 34.8 Å². The Bertz CT molecular complexity index is 1500. The van der Waals surface area contributed by atoms with Gasteiger partial charge < -0.3 is 16.0 Å². The van der Waals surface area contributed by atoms with Gasteiger partial charge in [-0.3, -0.25) is 14.4 Å². The van der Waals surface area contributed by atoms with Crippen LogP contribution in [0.2, 0.25) is 0 Å². The van der Waals surface area contributed by atoms with Crippen LogP contribution in [0.25, 0.3) is 6.08 Å². The molecule has 1 unspecified atom stereocenters. The minimum absolute atomic E-state index is 0.120. The van der Waals surface area contributed by atoms with E-state index in [-0.39, 0.29) is 22.8 Å². The summed E-state index contributed by atoms with van der Waals surface area (Å²) in [5.41, 5.74) is 3.10. The molecule has 0 saturated heterocycles. The lowest BCUT2D eigenvalue weighted by Crippen LogP contribution is -2.30. The van der Waals surface area contributed by atoms with Crippen LogP contribution in [0.3, 0.4) is 0 Å². The third kappa shape index (κ3) is 8.65. The van der Waals surface area contributed by atoms with Crippen LogP contribution in [0.1, 0.15) is 48.2 Å². The summed E-state index contributed by atoms with van der Waals surface area (Å²) in [4.78, 5) is 43.7. The van der Waals surface area contributed by atoms with Gasteiger partial charge in [-0.05, 0) is 78.6 Å². The second-order valence-corrected chi connectivity index (χ2v) is 11.1. The number of anilines is 2. The maximum absolute atomic E-state index is 13.3. The molecule has 8 heteroatoms. The summed E-state index contributed by atoms with van der Waals surface area (Å²) in [6.07, 6.45) is 3.28. The first-order valence-corrected chi connectivity index (χ1v) is 14.1. The Labute approximate surface area is 244 Å². The minimum atomic E-state index is -0.453. The number of hydrogen-bond donors (Lipinski definition) is 3. The standard InChI is InChI=1S/C33H32N4O3S/c1-22(2)25-14-12-24(13-15-25)21-29(36-32(39)26-9-5-4-6-10-26)33(40)35-27-16-18-28(19-17-27)41-23(3)31(38)37-30-11-7-8-20-34-30/h4-23H,1-3H3,(H,35,40)(H,36,39)(H,34,37,38)/b29-21-. The van der Waals surface area contributed by atoms with Crippen LogP contribution >= 0.6 is 11.8 Å². The van der Waals surface area contributed by atoms with Crippen molar-refractivity contribution < 1.29 is 14.4 Å². The van der Waals surface area contributed by atoms with Crippen molar-refractivity contribution in [2.24, 2.45) is 0 Å². The van der Waals surface area contributed by atoms with E-state index in [0.717, 1.165) is 10.5 Å². The van der Waals surface area contributed by atoms with E-state index in [1.54, 1.807) is 60.8 Å². The van der Waals surface area contributed by atoms with E-state index in [1.807, 2.05) is 55.5 Å². The predicted molar refractivity (Wildman–Crippen MR) is 166 cm³/mol. The number of nitrogens with zero attached hydrogens (tertiary/aromatic N) is 1. The molecule has 3 N–H and O–H groups in total. The van der Waals surface area contributed by atoms with E-state index in [4.69, 9.17) is 0 Å². The SMILES string of the molecule is CC(Sc1ccc(NC(=O)/C(=C/c2ccc(C(C)C)cc2)NC(=O)c2ccccc2)cc1)C(=O)Nc1ccccn1. The number of rotatable bonds is 10. The number of nitrogens with one attached hydrogen (secondary N) is 3. The van der Waals surface area contributed by atoms with Gasteiger partial charge >= 0.3 is 0 Å². The lowest BCUT2D eigenvalue weighted by Gasteiger charge is -2.13. The van der Waals surface area contributed by atoms with Crippen molar-refractivity contribution in [1.29, 1.82) is 0 Å². The fourth-order valence-corrected chi connectivity index (χ4v) is 4.69. The van der Waals surface area contributed by atoms with Gasteiger partial charge in [0.05, 0.1) is 5.25 Å². The van der Waals surface area contributed by atoms with Gasteiger partial charge in [0, 0.05) is 22.3 Å². The Balaban J connectivity index is 1.45. The molecule has 0 bridgehead atoms. The highest BCUT2D eigenvalue weighted by Gasteiger charge is 2.17. The second kappa shape index (κ2) is 14.1. The van der Waals surface area contributed by atoms with Crippen molar-refractivity contribution in [3.63, 3.8) is 0 Å². The monoisotopic (exact) mass is 564 g/mol. The van der Waals surface area contributed by atoms with Crippen molar-refractivity contribution in [3.05, 3.63) is 126 Å². The molecule has 1 aromatic heterocycles. The molecule has 0 radical (unpaired) electrons. The molecule has 0 aliphatic rings. The van der Waals surface area contributed by atoms with Crippen molar-refractivity contribution in [3.8, 4) is 0 Å². The average molecular weight is 565 g/mol. The van der Waals surface area contributed by atoms with Crippen LogP contribution in [-0.4, -0.2) is 28.0 Å². The van der Waals surface area contributed by atoms with Crippen molar-refractivity contribution in [2.45, 2.75) is 36.8 Å². The zero-order valence-electron chi connectivity index (χ0n) is 23.1. The molecule has 4 rings (SSSR count). The number of thioether (sulfide) groups is 1. The molecule has 0 aliphatic carbocycles. The van der Waals surface area contributed by atoms with Crippen LogP contribution < -0.4 is 16.0 Å². The number of carbonyl (C=O) groups excluding carboxylic acids is 3. The summed E-state index contributed by atoms with van der Waals surface area (Å²) in [6, 6.07) is 29.1. The van der Waals surface area contributed by atoms with Crippen LogP contribution in [0, 0.1) is 0 Å². The van der Waals surface area contributed by atoms with Gasteiger partial charge in [-0.25, -0.2) is 4.98 Å². The zero-order valence-corrected chi connectivity index (χ0v) is 23.9. The second-order valence-electron chi connectivity index (χ2n) is 9.64. The number of carbonyl (C=O) groups is 3. The van der Waals surface area contributed by atoms with E-state index in [1.165, 1.54) is 17.3 Å². The third-order valence-corrected chi connectivity index (χ3v) is 7.27. The number of aromatic nitrogens is 1. The Morgan fingerprint density at radius 2 is 1.46 bits per heavy atom. The molecular formula is C33H32N4O3S. The number of hydrogen-bond acceptors (Lipinski definition) is 5. The highest BCUT2D eigenvalue weighted by molar-refractivity contribution is 8.00. The smallest absolute Gasteiger partial charge is 0.272 e. The number of pyridine rings is 1. The van der Waals surface area contributed by atoms with Gasteiger partial charge in [-0.2, -0.15) is 0 Å². The maximum Gasteiger partial charge on any atom is 0.272 e. The van der Waals surface area contributed by atoms with Crippen molar-refractivity contribution >= 4 is 47.1 Å². The molecule has 0 fully saturated rings. The molecule has 4 aromatic rings. The summed E-state index contributed by atoms with van der Waals surface area (Å²) < 4.78 is 0. The van der Waals surface area contributed by atoms with Gasteiger partial charge in [0.2, 0.25) is 5.91 Å². The zero-order chi connectivity index (χ0) is 29.2. The minimum Gasteiger partial charge on any atom is -0.321 e. The maximum atomic E-state index is 13.3. The summed E-state index contributed by atoms with van der Waals surface area (Å²) in [7, 11) is 0.